The Balaban J connectivity index is 2.23. The van der Waals surface area contributed by atoms with E-state index in [2.05, 4.69) is 26.0 Å². The fourth-order valence-corrected chi connectivity index (χ4v) is 2.24. The van der Waals surface area contributed by atoms with Gasteiger partial charge in [-0.15, -0.1) is 0 Å². The van der Waals surface area contributed by atoms with Crippen LogP contribution >= 0.6 is 28.1 Å². The van der Waals surface area contributed by atoms with E-state index < -0.39 is 0 Å². The number of hydrogen-bond donors (Lipinski definition) is 1. The standard InChI is InChI=1S/C12H8BrN3S/c13-9-3-1-8(2-4-9)11-7-10-5-6-14-16(10)12(17)15-11/h1-7,14H. The number of H-pyrrole nitrogens is 1. The van der Waals surface area contributed by atoms with Gasteiger partial charge in [-0.2, -0.15) is 0 Å². The minimum absolute atomic E-state index is 0.533. The molecule has 0 atom stereocenters. The Morgan fingerprint density at radius 3 is 2.71 bits per heavy atom. The average Bonchev–Trinajstić information content (AvgIpc) is 2.78. The first-order chi connectivity index (χ1) is 8.24. The van der Waals surface area contributed by atoms with E-state index >= 15 is 0 Å². The van der Waals surface area contributed by atoms with Crippen molar-refractivity contribution in [3.63, 3.8) is 0 Å². The number of fused-ring (bicyclic) bond motifs is 1. The van der Waals surface area contributed by atoms with Gasteiger partial charge in [0, 0.05) is 16.2 Å². The number of nitrogens with zero attached hydrogens (tertiary/aromatic N) is 2. The number of hydrogen-bond acceptors (Lipinski definition) is 2. The fourth-order valence-electron chi connectivity index (χ4n) is 1.72. The molecule has 0 amide bonds. The molecule has 3 rings (SSSR count). The molecule has 84 valence electrons. The highest BCUT2D eigenvalue weighted by Crippen LogP contribution is 2.21. The van der Waals surface area contributed by atoms with Crippen LogP contribution in [0.2, 0.25) is 0 Å². The van der Waals surface area contributed by atoms with Crippen LogP contribution in [0.3, 0.4) is 0 Å². The van der Waals surface area contributed by atoms with E-state index in [9.17, 15) is 0 Å². The van der Waals surface area contributed by atoms with Gasteiger partial charge in [0.25, 0.3) is 0 Å². The second kappa shape index (κ2) is 4.09. The summed E-state index contributed by atoms with van der Waals surface area (Å²) in [6, 6.07) is 12.0. The monoisotopic (exact) mass is 305 g/mol. The molecule has 0 aliphatic carbocycles. The van der Waals surface area contributed by atoms with Gasteiger partial charge >= 0.3 is 0 Å². The van der Waals surface area contributed by atoms with Gasteiger partial charge in [0.15, 0.2) is 0 Å². The van der Waals surface area contributed by atoms with Crippen molar-refractivity contribution in [1.29, 1.82) is 0 Å². The molecule has 0 spiro atoms. The van der Waals surface area contributed by atoms with Crippen LogP contribution in [0.1, 0.15) is 0 Å². The molecular formula is C12H8BrN3S. The molecule has 2 heterocycles. The van der Waals surface area contributed by atoms with Crippen molar-refractivity contribution in [2.45, 2.75) is 0 Å². The Morgan fingerprint density at radius 1 is 1.18 bits per heavy atom. The van der Waals surface area contributed by atoms with Crippen LogP contribution in [-0.4, -0.2) is 14.6 Å². The largest absolute Gasteiger partial charge is 0.299 e. The lowest BCUT2D eigenvalue weighted by molar-refractivity contribution is 0.904. The van der Waals surface area contributed by atoms with E-state index in [1.807, 2.05) is 42.6 Å². The summed E-state index contributed by atoms with van der Waals surface area (Å²) < 4.78 is 3.36. The van der Waals surface area contributed by atoms with E-state index in [0.29, 0.717) is 4.77 Å². The Labute approximate surface area is 111 Å². The van der Waals surface area contributed by atoms with Gasteiger partial charge in [0.1, 0.15) is 0 Å². The summed E-state index contributed by atoms with van der Waals surface area (Å²) in [5.74, 6) is 0. The zero-order valence-corrected chi connectivity index (χ0v) is 11.1. The first-order valence-electron chi connectivity index (χ1n) is 5.07. The third kappa shape index (κ3) is 1.92. The van der Waals surface area contributed by atoms with Gasteiger partial charge in [-0.25, -0.2) is 9.50 Å². The topological polar surface area (TPSA) is 33.1 Å². The number of benzene rings is 1. The maximum atomic E-state index is 5.23. The lowest BCUT2D eigenvalue weighted by atomic mass is 10.1. The molecule has 0 bridgehead atoms. The van der Waals surface area contributed by atoms with Gasteiger partial charge < -0.3 is 0 Å². The zero-order chi connectivity index (χ0) is 11.8. The maximum Gasteiger partial charge on any atom is 0.219 e. The molecule has 3 nitrogen and oxygen atoms in total. The van der Waals surface area contributed by atoms with E-state index in [4.69, 9.17) is 12.2 Å². The number of nitrogens with one attached hydrogen (secondary N) is 1. The molecule has 17 heavy (non-hydrogen) atoms. The molecule has 1 N–H and O–H groups in total. The van der Waals surface area contributed by atoms with Crippen molar-refractivity contribution < 1.29 is 0 Å². The molecule has 5 heteroatoms. The minimum atomic E-state index is 0.533. The summed E-state index contributed by atoms with van der Waals surface area (Å²) in [7, 11) is 0. The Kier molecular flexibility index (Phi) is 2.57. The lowest BCUT2D eigenvalue weighted by Gasteiger charge is -2.02. The summed E-state index contributed by atoms with van der Waals surface area (Å²) in [6.07, 6.45) is 1.85. The molecule has 0 fully saturated rings. The summed E-state index contributed by atoms with van der Waals surface area (Å²) in [4.78, 5) is 4.40. The van der Waals surface area contributed by atoms with Crippen LogP contribution in [0, 0.1) is 4.77 Å². The second-order valence-corrected chi connectivity index (χ2v) is 4.93. The summed E-state index contributed by atoms with van der Waals surface area (Å²) in [5, 5.41) is 3.02. The van der Waals surface area contributed by atoms with Crippen molar-refractivity contribution >= 4 is 33.7 Å². The quantitative estimate of drug-likeness (QED) is 0.693. The van der Waals surface area contributed by atoms with E-state index in [-0.39, 0.29) is 0 Å². The second-order valence-electron chi connectivity index (χ2n) is 3.65. The van der Waals surface area contributed by atoms with Crippen molar-refractivity contribution in [2.75, 3.05) is 0 Å². The van der Waals surface area contributed by atoms with Crippen LogP contribution < -0.4 is 0 Å². The maximum absolute atomic E-state index is 5.23. The van der Waals surface area contributed by atoms with Crippen LogP contribution in [0.25, 0.3) is 16.8 Å². The Hall–Kier alpha value is -1.46. The van der Waals surface area contributed by atoms with Gasteiger partial charge in [-0.1, -0.05) is 28.1 Å². The normalized spacial score (nSPS) is 10.9. The summed E-state index contributed by atoms with van der Waals surface area (Å²) in [6.45, 7) is 0. The van der Waals surface area contributed by atoms with Gasteiger partial charge in [0.2, 0.25) is 4.77 Å². The molecule has 3 aromatic rings. The summed E-state index contributed by atoms with van der Waals surface area (Å²) >= 11 is 8.65. The van der Waals surface area contributed by atoms with Crippen LogP contribution in [-0.2, 0) is 0 Å². The number of rotatable bonds is 1. The minimum Gasteiger partial charge on any atom is -0.299 e. The number of halogens is 1. The molecule has 2 aromatic heterocycles. The third-order valence-electron chi connectivity index (χ3n) is 2.55. The van der Waals surface area contributed by atoms with E-state index in [1.165, 1.54) is 0 Å². The SMILES string of the molecule is S=c1nc(-c2ccc(Br)cc2)cc2cc[nH]n12. The van der Waals surface area contributed by atoms with Gasteiger partial charge in [0.05, 0.1) is 11.2 Å². The van der Waals surface area contributed by atoms with Crippen LogP contribution in [0.15, 0.2) is 47.1 Å². The average molecular weight is 306 g/mol. The number of aromatic nitrogens is 3. The molecule has 0 saturated heterocycles. The Bertz CT molecular complexity index is 727. The van der Waals surface area contributed by atoms with Crippen molar-refractivity contribution in [2.24, 2.45) is 0 Å². The predicted octanol–water partition coefficient (Wildman–Crippen LogP) is 3.82. The van der Waals surface area contributed by atoms with Crippen molar-refractivity contribution in [3.8, 4) is 11.3 Å². The molecule has 1 aromatic carbocycles. The lowest BCUT2D eigenvalue weighted by Crippen LogP contribution is -1.94. The first-order valence-corrected chi connectivity index (χ1v) is 6.27. The predicted molar refractivity (Wildman–Crippen MR) is 73.5 cm³/mol. The smallest absolute Gasteiger partial charge is 0.219 e. The molecule has 0 saturated carbocycles. The van der Waals surface area contributed by atoms with Crippen LogP contribution in [0.5, 0.6) is 0 Å². The third-order valence-corrected chi connectivity index (χ3v) is 3.35. The highest BCUT2D eigenvalue weighted by Gasteiger charge is 2.03. The summed E-state index contributed by atoms with van der Waals surface area (Å²) in [5.41, 5.74) is 2.97. The van der Waals surface area contributed by atoms with E-state index in [1.54, 1.807) is 4.52 Å². The molecule has 0 aliphatic heterocycles. The van der Waals surface area contributed by atoms with Crippen LogP contribution in [0.4, 0.5) is 0 Å². The van der Waals surface area contributed by atoms with Gasteiger partial charge in [-0.05, 0) is 36.5 Å². The van der Waals surface area contributed by atoms with Crippen molar-refractivity contribution in [1.82, 2.24) is 14.6 Å². The highest BCUT2D eigenvalue weighted by molar-refractivity contribution is 9.10. The highest BCUT2D eigenvalue weighted by atomic mass is 79.9. The molecule has 0 radical (unpaired) electrons. The molecule has 0 unspecified atom stereocenters. The molecular weight excluding hydrogens is 298 g/mol. The fraction of sp³-hybridized carbons (Fsp3) is 0. The zero-order valence-electron chi connectivity index (χ0n) is 8.72. The van der Waals surface area contributed by atoms with E-state index in [0.717, 1.165) is 21.2 Å². The first kappa shape index (κ1) is 10.7. The Morgan fingerprint density at radius 2 is 1.94 bits per heavy atom. The number of aromatic amines is 1. The van der Waals surface area contributed by atoms with Crippen molar-refractivity contribution in [3.05, 3.63) is 51.8 Å². The molecule has 0 aliphatic rings. The van der Waals surface area contributed by atoms with Gasteiger partial charge in [-0.3, -0.25) is 5.10 Å².